The molecule has 0 aromatic rings. The van der Waals surface area contributed by atoms with E-state index in [9.17, 15) is 47.9 Å². The van der Waals surface area contributed by atoms with Crippen molar-refractivity contribution in [2.75, 3.05) is 0 Å². The van der Waals surface area contributed by atoms with Crippen molar-refractivity contribution >= 4 is 29.0 Å². The van der Waals surface area contributed by atoms with Gasteiger partial charge >= 0.3 is 53.2 Å². The van der Waals surface area contributed by atoms with Crippen LogP contribution in [-0.4, -0.2) is 61.5 Å². The molecule has 0 aliphatic carbocycles. The van der Waals surface area contributed by atoms with Crippen molar-refractivity contribution in [2.24, 2.45) is 0 Å². The van der Waals surface area contributed by atoms with Crippen LogP contribution >= 0.6 is 0 Å². The molecule has 0 aromatic heterocycles. The van der Waals surface area contributed by atoms with Crippen LogP contribution in [0, 0.1) is 0 Å². The fourth-order valence-electron chi connectivity index (χ4n) is 0.689. The van der Waals surface area contributed by atoms with E-state index < -0.39 is 39.8 Å². The zero-order chi connectivity index (χ0) is 15.2. The molecule has 0 saturated heterocycles. The van der Waals surface area contributed by atoms with Gasteiger partial charge in [-0.2, -0.15) is 34.8 Å². The van der Waals surface area contributed by atoms with Crippen molar-refractivity contribution in [1.29, 1.82) is 0 Å². The molecule has 0 amide bonds. The monoisotopic (exact) mass is 322 g/mol. The van der Waals surface area contributed by atoms with Crippen LogP contribution in [0.15, 0.2) is 0 Å². The van der Waals surface area contributed by atoms with E-state index in [0.29, 0.717) is 0 Å². The van der Waals surface area contributed by atoms with Crippen LogP contribution in [0.5, 0.6) is 0 Å². The van der Waals surface area contributed by atoms with E-state index in [4.69, 9.17) is 4.55 Å². The molecule has 0 bridgehead atoms. The van der Waals surface area contributed by atoms with Crippen molar-refractivity contribution in [3.05, 3.63) is 0 Å². The van der Waals surface area contributed by atoms with Crippen LogP contribution in [0.25, 0.3) is 0 Å². The summed E-state index contributed by atoms with van der Waals surface area (Å²) in [5.74, 6) is -20.5. The van der Waals surface area contributed by atoms with Gasteiger partial charge in [0, 0.05) is 0 Å². The molecule has 1 unspecified atom stereocenters. The van der Waals surface area contributed by atoms with Gasteiger partial charge in [-0.3, -0.25) is 4.55 Å². The normalized spacial score (nSPS) is 16.2. The predicted octanol–water partition coefficient (Wildman–Crippen LogP) is 1.69. The molecule has 3 nitrogen and oxygen atoms in total. The Morgan fingerprint density at radius 2 is 1.16 bits per heavy atom. The van der Waals surface area contributed by atoms with E-state index in [0.717, 1.165) is 0 Å². The average Bonchev–Trinajstić information content (AvgIpc) is 2.14. The summed E-state index contributed by atoms with van der Waals surface area (Å²) < 4.78 is 137. The van der Waals surface area contributed by atoms with Gasteiger partial charge in [-0.25, -0.2) is 13.2 Å². The second kappa shape index (κ2) is 5.70. The number of hydrogen-bond donors (Lipinski definition) is 1. The molecule has 0 fully saturated rings. The van der Waals surface area contributed by atoms with Crippen molar-refractivity contribution in [2.45, 2.75) is 29.7 Å². The van der Waals surface area contributed by atoms with Gasteiger partial charge in [0.2, 0.25) is 0 Å². The number of rotatable bonds is 5. The first-order valence-corrected chi connectivity index (χ1v) is 5.12. The third-order valence-corrected chi connectivity index (χ3v) is 2.48. The predicted molar refractivity (Wildman–Crippen MR) is 44.4 cm³/mol. The molecule has 0 aliphatic heterocycles. The Balaban J connectivity index is 0. The molecule has 0 aromatic carbocycles. The quantitative estimate of drug-likeness (QED) is 0.476. The van der Waals surface area contributed by atoms with E-state index in [1.165, 1.54) is 0 Å². The van der Waals surface area contributed by atoms with Gasteiger partial charge in [0.15, 0.2) is 0 Å². The summed E-state index contributed by atoms with van der Waals surface area (Å²) in [5, 5.41) is 0. The van der Waals surface area contributed by atoms with E-state index in [-0.39, 0.29) is 18.9 Å². The molecule has 0 saturated carbocycles. The maximum absolute atomic E-state index is 12.5. The van der Waals surface area contributed by atoms with Crippen molar-refractivity contribution in [1.82, 2.24) is 0 Å². The first-order chi connectivity index (χ1) is 7.60. The molecule has 0 aliphatic rings. The molecule has 1 atom stereocenters. The van der Waals surface area contributed by atoms with Gasteiger partial charge in [-0.1, -0.05) is 0 Å². The van der Waals surface area contributed by atoms with Gasteiger partial charge in [-0.15, -0.1) is 0 Å². The van der Waals surface area contributed by atoms with Crippen molar-refractivity contribution in [3.8, 4) is 0 Å². The molecular formula is C5H4F9LiO3S. The van der Waals surface area contributed by atoms with Crippen LogP contribution in [0.3, 0.4) is 0 Å². The van der Waals surface area contributed by atoms with Crippen LogP contribution < -0.4 is 0 Å². The Hall–Kier alpha value is -0.123. The van der Waals surface area contributed by atoms with Crippen LogP contribution in [0.1, 0.15) is 0 Å². The first-order valence-electron chi connectivity index (χ1n) is 3.62. The SMILES string of the molecule is O=S(=O)(O)C(F)C(F)(F)C(F)(F)C(F)(F)C(F)F.[LiH]. The zero-order valence-electron chi connectivity index (χ0n) is 7.73. The van der Waals surface area contributed by atoms with E-state index in [1.54, 1.807) is 0 Å². The van der Waals surface area contributed by atoms with Gasteiger partial charge in [-0.05, 0) is 0 Å². The zero-order valence-corrected chi connectivity index (χ0v) is 8.54. The third-order valence-electron chi connectivity index (χ3n) is 1.66. The minimum absolute atomic E-state index is 0. The van der Waals surface area contributed by atoms with Gasteiger partial charge < -0.3 is 0 Å². The average molecular weight is 322 g/mol. The number of halogens is 9. The van der Waals surface area contributed by atoms with Crippen LogP contribution in [0.4, 0.5) is 39.5 Å². The maximum atomic E-state index is 12.5. The Morgan fingerprint density at radius 1 is 0.842 bits per heavy atom. The van der Waals surface area contributed by atoms with E-state index in [2.05, 4.69) is 0 Å². The summed E-state index contributed by atoms with van der Waals surface area (Å²) in [5.41, 5.74) is -5.19. The number of alkyl halides is 9. The third kappa shape index (κ3) is 3.50. The Bertz CT molecular complexity index is 408. The molecule has 1 N–H and O–H groups in total. The summed E-state index contributed by atoms with van der Waals surface area (Å²) in [6, 6.07) is 0. The Labute approximate surface area is 112 Å². The molecule has 0 rings (SSSR count). The second-order valence-corrected chi connectivity index (χ2v) is 4.40. The summed E-state index contributed by atoms with van der Waals surface area (Å²) >= 11 is 0. The van der Waals surface area contributed by atoms with E-state index in [1.807, 2.05) is 0 Å². The molecule has 14 heteroatoms. The van der Waals surface area contributed by atoms with Gasteiger partial charge in [0.05, 0.1) is 0 Å². The fourth-order valence-corrected chi connectivity index (χ4v) is 1.21. The summed E-state index contributed by atoms with van der Waals surface area (Å²) in [7, 11) is -6.50. The summed E-state index contributed by atoms with van der Waals surface area (Å²) in [4.78, 5) is 0. The van der Waals surface area contributed by atoms with Gasteiger partial charge in [0.25, 0.3) is 5.50 Å². The van der Waals surface area contributed by atoms with Crippen molar-refractivity contribution < 1.29 is 52.5 Å². The fraction of sp³-hybridized carbons (Fsp3) is 1.00. The summed E-state index contributed by atoms with van der Waals surface area (Å²) in [6.07, 6.45) is -5.31. The van der Waals surface area contributed by atoms with Crippen LogP contribution in [-0.2, 0) is 10.1 Å². The molecule has 112 valence electrons. The first kappa shape index (κ1) is 21.2. The van der Waals surface area contributed by atoms with Crippen LogP contribution in [0.2, 0.25) is 0 Å². The molecular weight excluding hydrogens is 318 g/mol. The van der Waals surface area contributed by atoms with Gasteiger partial charge in [0.1, 0.15) is 0 Å². The topological polar surface area (TPSA) is 54.4 Å². The molecule has 0 heterocycles. The minimum atomic E-state index is -7.04. The number of hydrogen-bond acceptors (Lipinski definition) is 2. The molecule has 0 radical (unpaired) electrons. The molecule has 0 spiro atoms. The second-order valence-electron chi connectivity index (χ2n) is 2.95. The summed E-state index contributed by atoms with van der Waals surface area (Å²) in [6.45, 7) is 0. The Morgan fingerprint density at radius 3 is 1.37 bits per heavy atom. The molecule has 19 heavy (non-hydrogen) atoms. The van der Waals surface area contributed by atoms with E-state index >= 15 is 0 Å². The van der Waals surface area contributed by atoms with Crippen molar-refractivity contribution in [3.63, 3.8) is 0 Å². The Kier molecular flexibility index (Phi) is 6.36. The standard InChI is InChI=1S/C5H3F9O3S.Li.H/c6-1(7)3(9,10)5(13,14)4(11,12)2(8)18(15,16)17;;/h1-2H,(H,15,16,17);;.